The molecule has 1 aliphatic heterocycles. The smallest absolute Gasteiger partial charge is 0.164 e. The first kappa shape index (κ1) is 20.8. The molecule has 30 heavy (non-hydrogen) atoms. The van der Waals surface area contributed by atoms with Gasteiger partial charge in [-0.05, 0) is 39.3 Å². The number of nitrogens with zero attached hydrogens (tertiary/aromatic N) is 5. The fraction of sp³-hybridized carbons (Fsp3) is 0.476. The van der Waals surface area contributed by atoms with Crippen LogP contribution in [0, 0.1) is 13.8 Å². The molecule has 0 amide bonds. The Labute approximate surface area is 180 Å². The number of hydrogen-bond donors (Lipinski definition) is 2. The number of aliphatic hydroxyl groups is 1. The van der Waals surface area contributed by atoms with Crippen LogP contribution in [0.25, 0.3) is 11.0 Å². The molecule has 1 saturated heterocycles. The van der Waals surface area contributed by atoms with Gasteiger partial charge < -0.3 is 15.6 Å². The zero-order valence-corrected chi connectivity index (χ0v) is 18.6. The number of methoxy groups -OCH3 is 1. The SMILES string of the molecule is COc1c(C(C)n2nc(C)c3c(N)ncnc32)cc(Cl)c(C)c1C1CN(C(C)O)C1. The van der Waals surface area contributed by atoms with Crippen LogP contribution in [0.5, 0.6) is 5.75 Å². The Morgan fingerprint density at radius 1 is 1.27 bits per heavy atom. The van der Waals surface area contributed by atoms with Gasteiger partial charge in [-0.1, -0.05) is 11.6 Å². The van der Waals surface area contributed by atoms with E-state index in [9.17, 15) is 5.11 Å². The first-order valence-electron chi connectivity index (χ1n) is 9.98. The molecule has 0 aliphatic carbocycles. The summed E-state index contributed by atoms with van der Waals surface area (Å²) in [6, 6.07) is 1.76. The number of rotatable bonds is 5. The fourth-order valence-corrected chi connectivity index (χ4v) is 4.59. The molecule has 8 nitrogen and oxygen atoms in total. The lowest BCUT2D eigenvalue weighted by atomic mass is 9.85. The van der Waals surface area contributed by atoms with Gasteiger partial charge in [-0.3, -0.25) is 4.90 Å². The zero-order valence-electron chi connectivity index (χ0n) is 17.8. The van der Waals surface area contributed by atoms with Crippen LogP contribution in [0.1, 0.15) is 48.2 Å². The van der Waals surface area contributed by atoms with Crippen molar-refractivity contribution in [1.82, 2.24) is 24.6 Å². The molecular weight excluding hydrogens is 404 g/mol. The first-order valence-corrected chi connectivity index (χ1v) is 10.4. The van der Waals surface area contributed by atoms with E-state index in [2.05, 4.69) is 9.97 Å². The molecule has 2 aromatic heterocycles. The minimum absolute atomic E-state index is 0.185. The summed E-state index contributed by atoms with van der Waals surface area (Å²) in [6.45, 7) is 9.26. The van der Waals surface area contributed by atoms with Crippen molar-refractivity contribution in [2.24, 2.45) is 0 Å². The van der Waals surface area contributed by atoms with Crippen LogP contribution >= 0.6 is 11.6 Å². The number of likely N-dealkylation sites (tertiary alicyclic amines) is 1. The van der Waals surface area contributed by atoms with Crippen LogP contribution in [-0.2, 0) is 0 Å². The molecule has 3 aromatic rings. The van der Waals surface area contributed by atoms with Gasteiger partial charge in [0.05, 0.1) is 24.2 Å². The number of nitrogens with two attached hydrogens (primary N) is 1. The number of halogens is 1. The van der Waals surface area contributed by atoms with Gasteiger partial charge in [0, 0.05) is 35.2 Å². The molecule has 3 N–H and O–H groups in total. The number of aliphatic hydroxyl groups excluding tert-OH is 1. The maximum atomic E-state index is 9.84. The Kier molecular flexibility index (Phi) is 5.34. The predicted molar refractivity (Wildman–Crippen MR) is 117 cm³/mol. The third-order valence-corrected chi connectivity index (χ3v) is 6.50. The van der Waals surface area contributed by atoms with E-state index in [1.54, 1.807) is 14.0 Å². The minimum Gasteiger partial charge on any atom is -0.496 e. The van der Waals surface area contributed by atoms with E-state index in [1.807, 2.05) is 36.4 Å². The van der Waals surface area contributed by atoms with Crippen LogP contribution in [0.4, 0.5) is 5.82 Å². The van der Waals surface area contributed by atoms with Gasteiger partial charge >= 0.3 is 0 Å². The van der Waals surface area contributed by atoms with Gasteiger partial charge in [-0.15, -0.1) is 0 Å². The van der Waals surface area contributed by atoms with E-state index < -0.39 is 6.23 Å². The van der Waals surface area contributed by atoms with Crippen LogP contribution in [-0.4, -0.2) is 56.2 Å². The van der Waals surface area contributed by atoms with Crippen molar-refractivity contribution in [2.45, 2.75) is 45.9 Å². The number of benzene rings is 1. The Hall–Kier alpha value is -2.42. The maximum absolute atomic E-state index is 9.84. The van der Waals surface area contributed by atoms with Crippen molar-refractivity contribution in [3.05, 3.63) is 39.8 Å². The van der Waals surface area contributed by atoms with E-state index >= 15 is 0 Å². The third-order valence-electron chi connectivity index (χ3n) is 6.11. The molecule has 4 rings (SSSR count). The summed E-state index contributed by atoms with van der Waals surface area (Å²) in [5, 5.41) is 16.0. The highest BCUT2D eigenvalue weighted by Gasteiger charge is 2.35. The summed E-state index contributed by atoms with van der Waals surface area (Å²) in [5.41, 5.74) is 10.5. The summed E-state index contributed by atoms with van der Waals surface area (Å²) in [5.74, 6) is 1.47. The molecule has 2 atom stereocenters. The average Bonchev–Trinajstić information content (AvgIpc) is 3.00. The summed E-state index contributed by atoms with van der Waals surface area (Å²) in [6.07, 6.45) is 0.986. The lowest BCUT2D eigenvalue weighted by Crippen LogP contribution is -2.49. The van der Waals surface area contributed by atoms with Crippen molar-refractivity contribution in [3.8, 4) is 5.75 Å². The molecule has 160 valence electrons. The Balaban J connectivity index is 1.83. The van der Waals surface area contributed by atoms with Crippen LogP contribution in [0.2, 0.25) is 5.02 Å². The van der Waals surface area contributed by atoms with Gasteiger partial charge in [0.25, 0.3) is 0 Å². The second-order valence-electron chi connectivity index (χ2n) is 7.97. The molecule has 0 saturated carbocycles. The molecule has 1 aliphatic rings. The number of ether oxygens (including phenoxy) is 1. The van der Waals surface area contributed by atoms with Crippen molar-refractivity contribution in [2.75, 3.05) is 25.9 Å². The van der Waals surface area contributed by atoms with Crippen LogP contribution in [0.3, 0.4) is 0 Å². The Morgan fingerprint density at radius 3 is 2.60 bits per heavy atom. The topological polar surface area (TPSA) is 102 Å². The lowest BCUT2D eigenvalue weighted by molar-refractivity contribution is -0.0336. The Bertz CT molecular complexity index is 1110. The highest BCUT2D eigenvalue weighted by atomic mass is 35.5. The second kappa shape index (κ2) is 7.68. The highest BCUT2D eigenvalue weighted by Crippen LogP contribution is 2.44. The van der Waals surface area contributed by atoms with Crippen molar-refractivity contribution < 1.29 is 9.84 Å². The zero-order chi connectivity index (χ0) is 21.7. The van der Waals surface area contributed by atoms with Crippen LogP contribution < -0.4 is 10.5 Å². The number of hydrogen-bond acceptors (Lipinski definition) is 7. The van der Waals surface area contributed by atoms with Gasteiger partial charge in [-0.2, -0.15) is 5.10 Å². The van der Waals surface area contributed by atoms with E-state index in [0.717, 1.165) is 46.6 Å². The summed E-state index contributed by atoms with van der Waals surface area (Å²) >= 11 is 6.66. The standard InChI is InChI=1S/C21H27ClN6O2/c1-10-16(22)6-15(19(30-5)17(10)14-7-27(8-14)13(4)29)12(3)28-21-18(11(2)26-28)20(23)24-9-25-21/h6,9,12-14,29H,7-8H2,1-5H3,(H2,23,24,25). The third kappa shape index (κ3) is 3.19. The van der Waals surface area contributed by atoms with E-state index in [1.165, 1.54) is 6.33 Å². The summed E-state index contributed by atoms with van der Waals surface area (Å²) in [4.78, 5) is 10.5. The Morgan fingerprint density at radius 2 is 1.97 bits per heavy atom. The summed E-state index contributed by atoms with van der Waals surface area (Å²) < 4.78 is 7.76. The van der Waals surface area contributed by atoms with E-state index in [0.29, 0.717) is 16.5 Å². The molecule has 3 heterocycles. The van der Waals surface area contributed by atoms with Crippen LogP contribution in [0.15, 0.2) is 12.4 Å². The number of anilines is 1. The quantitative estimate of drug-likeness (QED) is 0.641. The van der Waals surface area contributed by atoms with Crippen molar-refractivity contribution in [1.29, 1.82) is 0 Å². The van der Waals surface area contributed by atoms with E-state index in [-0.39, 0.29) is 12.0 Å². The minimum atomic E-state index is -0.464. The highest BCUT2D eigenvalue weighted by molar-refractivity contribution is 6.31. The fourth-order valence-electron chi connectivity index (χ4n) is 4.37. The van der Waals surface area contributed by atoms with Gasteiger partial charge in [-0.25, -0.2) is 14.6 Å². The number of aromatic nitrogens is 4. The summed E-state index contributed by atoms with van der Waals surface area (Å²) in [7, 11) is 1.68. The molecule has 1 fully saturated rings. The number of aryl methyl sites for hydroxylation is 1. The van der Waals surface area contributed by atoms with Gasteiger partial charge in [0.1, 0.15) is 24.1 Å². The molecule has 1 aromatic carbocycles. The van der Waals surface area contributed by atoms with E-state index in [4.69, 9.17) is 27.2 Å². The molecule has 0 bridgehead atoms. The molecule has 2 unspecified atom stereocenters. The second-order valence-corrected chi connectivity index (χ2v) is 8.37. The van der Waals surface area contributed by atoms with Gasteiger partial charge in [0.2, 0.25) is 0 Å². The lowest BCUT2D eigenvalue weighted by Gasteiger charge is -2.42. The molecule has 9 heteroatoms. The molecule has 0 spiro atoms. The maximum Gasteiger partial charge on any atom is 0.164 e. The number of nitrogen functional groups attached to an aromatic ring is 1. The average molecular weight is 431 g/mol. The first-order chi connectivity index (χ1) is 14.2. The largest absolute Gasteiger partial charge is 0.496 e. The van der Waals surface area contributed by atoms with Gasteiger partial charge in [0.15, 0.2) is 5.65 Å². The predicted octanol–water partition coefficient (Wildman–Crippen LogP) is 3.03. The monoisotopic (exact) mass is 430 g/mol. The van der Waals surface area contributed by atoms with Crippen molar-refractivity contribution >= 4 is 28.5 Å². The molecule has 0 radical (unpaired) electrons. The van der Waals surface area contributed by atoms with Crippen molar-refractivity contribution in [3.63, 3.8) is 0 Å². The normalized spacial score (nSPS) is 17.2. The number of fused-ring (bicyclic) bond motifs is 1. The molecular formula is C21H27ClN6O2.